The van der Waals surface area contributed by atoms with Gasteiger partial charge < -0.3 is 10.2 Å². The van der Waals surface area contributed by atoms with Gasteiger partial charge in [-0.1, -0.05) is 0 Å². The van der Waals surface area contributed by atoms with Crippen LogP contribution in [0.25, 0.3) is 0 Å². The molecule has 1 fully saturated rings. The van der Waals surface area contributed by atoms with Gasteiger partial charge in [0, 0.05) is 31.9 Å². The highest BCUT2D eigenvalue weighted by Gasteiger charge is 2.18. The summed E-state index contributed by atoms with van der Waals surface area (Å²) in [5.74, 6) is 1.04. The van der Waals surface area contributed by atoms with Gasteiger partial charge in [0.2, 0.25) is 0 Å². The van der Waals surface area contributed by atoms with Crippen LogP contribution in [0.3, 0.4) is 0 Å². The molecule has 4 nitrogen and oxygen atoms in total. The molecule has 2 heterocycles. The van der Waals surface area contributed by atoms with Crippen LogP contribution in [0.15, 0.2) is 6.20 Å². The maximum atomic E-state index is 4.57. The second-order valence-corrected chi connectivity index (χ2v) is 4.22. The molecule has 0 aromatic carbocycles. The molecule has 0 spiro atoms. The average Bonchev–Trinajstić information content (AvgIpc) is 2.22. The van der Waals surface area contributed by atoms with E-state index in [9.17, 15) is 0 Å². The highest BCUT2D eigenvalue weighted by molar-refractivity contribution is 5.43. The highest BCUT2D eigenvalue weighted by Crippen LogP contribution is 2.16. The average molecular weight is 206 g/mol. The summed E-state index contributed by atoms with van der Waals surface area (Å²) in [5, 5.41) is 3.43. The van der Waals surface area contributed by atoms with Gasteiger partial charge in [-0.2, -0.15) is 0 Å². The molecule has 0 aliphatic carbocycles. The Labute approximate surface area is 90.7 Å². The Morgan fingerprint density at radius 3 is 3.00 bits per heavy atom. The zero-order chi connectivity index (χ0) is 10.8. The summed E-state index contributed by atoms with van der Waals surface area (Å²) >= 11 is 0. The maximum absolute atomic E-state index is 4.57. The van der Waals surface area contributed by atoms with Crippen LogP contribution in [0.5, 0.6) is 0 Å². The van der Waals surface area contributed by atoms with Crippen LogP contribution < -0.4 is 10.2 Å². The Morgan fingerprint density at radius 2 is 2.27 bits per heavy atom. The van der Waals surface area contributed by atoms with Gasteiger partial charge in [0.05, 0.1) is 11.4 Å². The molecule has 4 heteroatoms. The fraction of sp³-hybridized carbons (Fsp3) is 0.636. The van der Waals surface area contributed by atoms with Crippen molar-refractivity contribution in [3.8, 4) is 0 Å². The molecule has 1 saturated heterocycles. The van der Waals surface area contributed by atoms with E-state index in [1.165, 1.54) is 0 Å². The van der Waals surface area contributed by atoms with E-state index in [4.69, 9.17) is 0 Å². The fourth-order valence-corrected chi connectivity index (χ4v) is 1.95. The number of hydrogen-bond acceptors (Lipinski definition) is 4. The minimum Gasteiger partial charge on any atom is -0.352 e. The summed E-state index contributed by atoms with van der Waals surface area (Å²) in [4.78, 5) is 11.2. The van der Waals surface area contributed by atoms with E-state index in [1.807, 2.05) is 20.0 Å². The molecule has 1 unspecified atom stereocenters. The lowest BCUT2D eigenvalue weighted by atomic mass is 10.2. The second-order valence-electron chi connectivity index (χ2n) is 4.22. The molecule has 1 atom stereocenters. The second kappa shape index (κ2) is 4.14. The zero-order valence-corrected chi connectivity index (χ0v) is 9.62. The van der Waals surface area contributed by atoms with Crippen molar-refractivity contribution in [1.29, 1.82) is 0 Å². The third-order valence-corrected chi connectivity index (χ3v) is 2.72. The molecule has 82 valence electrons. The standard InChI is InChI=1S/C11H18N4/c1-8-6-13-10(3)11(14-8)15-5-4-12-9(2)7-15/h6,9,12H,4-5,7H2,1-3H3. The van der Waals surface area contributed by atoms with Crippen LogP contribution >= 0.6 is 0 Å². The first-order valence-electron chi connectivity index (χ1n) is 5.45. The molecule has 15 heavy (non-hydrogen) atoms. The third-order valence-electron chi connectivity index (χ3n) is 2.72. The predicted octanol–water partition coefficient (Wildman–Crippen LogP) is 0.892. The van der Waals surface area contributed by atoms with Gasteiger partial charge in [0.15, 0.2) is 0 Å². The van der Waals surface area contributed by atoms with Crippen LogP contribution in [0.1, 0.15) is 18.3 Å². The maximum Gasteiger partial charge on any atom is 0.150 e. The molecule has 0 amide bonds. The number of aromatic nitrogens is 2. The lowest BCUT2D eigenvalue weighted by molar-refractivity contribution is 0.481. The molecule has 0 radical (unpaired) electrons. The molecule has 1 aliphatic heterocycles. The highest BCUT2D eigenvalue weighted by atomic mass is 15.2. The van der Waals surface area contributed by atoms with Crippen molar-refractivity contribution in [2.75, 3.05) is 24.5 Å². The number of aryl methyl sites for hydroxylation is 2. The first kappa shape index (κ1) is 10.4. The fourth-order valence-electron chi connectivity index (χ4n) is 1.95. The van der Waals surface area contributed by atoms with E-state index in [0.29, 0.717) is 6.04 Å². The monoisotopic (exact) mass is 206 g/mol. The summed E-state index contributed by atoms with van der Waals surface area (Å²) in [6, 6.07) is 0.528. The van der Waals surface area contributed by atoms with Gasteiger partial charge in [0.25, 0.3) is 0 Å². The van der Waals surface area contributed by atoms with Crippen molar-refractivity contribution in [2.45, 2.75) is 26.8 Å². The number of anilines is 1. The number of nitrogens with zero attached hydrogens (tertiary/aromatic N) is 3. The molecular weight excluding hydrogens is 188 g/mol. The molecule has 1 aliphatic rings. The molecule has 2 rings (SSSR count). The van der Waals surface area contributed by atoms with Crippen LogP contribution in [0, 0.1) is 13.8 Å². The molecule has 0 bridgehead atoms. The van der Waals surface area contributed by atoms with Crippen molar-refractivity contribution < 1.29 is 0 Å². The van der Waals surface area contributed by atoms with Gasteiger partial charge in [0.1, 0.15) is 5.82 Å². The minimum absolute atomic E-state index is 0.528. The van der Waals surface area contributed by atoms with Crippen molar-refractivity contribution in [3.63, 3.8) is 0 Å². The summed E-state index contributed by atoms with van der Waals surface area (Å²) in [5.41, 5.74) is 2.01. The molecule has 1 aromatic heterocycles. The number of nitrogens with one attached hydrogen (secondary N) is 1. The molecular formula is C11H18N4. The molecule has 1 N–H and O–H groups in total. The van der Waals surface area contributed by atoms with Gasteiger partial charge in [-0.25, -0.2) is 4.98 Å². The lowest BCUT2D eigenvalue weighted by Gasteiger charge is -2.33. The van der Waals surface area contributed by atoms with Crippen LogP contribution in [0.2, 0.25) is 0 Å². The van der Waals surface area contributed by atoms with E-state index >= 15 is 0 Å². The summed E-state index contributed by atoms with van der Waals surface area (Å²) in [6.45, 7) is 9.26. The quantitative estimate of drug-likeness (QED) is 0.741. The third kappa shape index (κ3) is 2.26. The smallest absolute Gasteiger partial charge is 0.150 e. The predicted molar refractivity (Wildman–Crippen MR) is 61.2 cm³/mol. The van der Waals surface area contributed by atoms with Crippen LogP contribution in [-0.2, 0) is 0 Å². The SMILES string of the molecule is Cc1cnc(C)c(N2CCNC(C)C2)n1. The normalized spacial score (nSPS) is 21.8. The number of hydrogen-bond donors (Lipinski definition) is 1. The Bertz CT molecular complexity index is 350. The van der Waals surface area contributed by atoms with Gasteiger partial charge >= 0.3 is 0 Å². The van der Waals surface area contributed by atoms with Crippen LogP contribution in [0.4, 0.5) is 5.82 Å². The largest absolute Gasteiger partial charge is 0.352 e. The Hall–Kier alpha value is -1.16. The van der Waals surface area contributed by atoms with Crippen LogP contribution in [-0.4, -0.2) is 35.6 Å². The first-order chi connectivity index (χ1) is 7.16. The Morgan fingerprint density at radius 1 is 1.47 bits per heavy atom. The number of piperazine rings is 1. The van der Waals surface area contributed by atoms with Gasteiger partial charge in [-0.3, -0.25) is 4.98 Å². The van der Waals surface area contributed by atoms with Crippen molar-refractivity contribution in [2.24, 2.45) is 0 Å². The Kier molecular flexibility index (Phi) is 2.86. The van der Waals surface area contributed by atoms with E-state index in [1.54, 1.807) is 0 Å². The Balaban J connectivity index is 2.24. The lowest BCUT2D eigenvalue weighted by Crippen LogP contribution is -2.49. The topological polar surface area (TPSA) is 41.1 Å². The van der Waals surface area contributed by atoms with E-state index in [-0.39, 0.29) is 0 Å². The number of rotatable bonds is 1. The first-order valence-corrected chi connectivity index (χ1v) is 5.45. The zero-order valence-electron chi connectivity index (χ0n) is 9.62. The summed E-state index contributed by atoms with van der Waals surface area (Å²) in [6.07, 6.45) is 1.82. The molecule has 1 aromatic rings. The summed E-state index contributed by atoms with van der Waals surface area (Å²) < 4.78 is 0. The van der Waals surface area contributed by atoms with E-state index < -0.39 is 0 Å². The minimum atomic E-state index is 0.528. The van der Waals surface area contributed by atoms with Crippen molar-refractivity contribution in [1.82, 2.24) is 15.3 Å². The van der Waals surface area contributed by atoms with Gasteiger partial charge in [-0.15, -0.1) is 0 Å². The van der Waals surface area contributed by atoms with Gasteiger partial charge in [-0.05, 0) is 20.8 Å². The van der Waals surface area contributed by atoms with Crippen molar-refractivity contribution in [3.05, 3.63) is 17.6 Å². The van der Waals surface area contributed by atoms with E-state index in [0.717, 1.165) is 36.8 Å². The van der Waals surface area contributed by atoms with E-state index in [2.05, 4.69) is 27.1 Å². The van der Waals surface area contributed by atoms with Crippen molar-refractivity contribution >= 4 is 5.82 Å². The molecule has 0 saturated carbocycles. The summed E-state index contributed by atoms with van der Waals surface area (Å²) in [7, 11) is 0.